The number of hydrogen-bond donors (Lipinski definition) is 2. The largest absolute Gasteiger partial charge is 0.373 e. The molecular formula is C12H12N10O. The molecule has 4 rings (SSSR count). The second-order valence-corrected chi connectivity index (χ2v) is 4.79. The number of aromatic nitrogens is 10. The lowest BCUT2D eigenvalue weighted by molar-refractivity contribution is 0.0951. The number of pyridine rings is 1. The highest BCUT2D eigenvalue weighted by molar-refractivity contribution is 5.57. The summed E-state index contributed by atoms with van der Waals surface area (Å²) in [6.07, 6.45) is 1.91. The molecule has 23 heavy (non-hydrogen) atoms. The van der Waals surface area contributed by atoms with Crippen LogP contribution in [0.15, 0.2) is 24.4 Å². The molecule has 4 heterocycles. The highest BCUT2D eigenvalue weighted by Gasteiger charge is 2.20. The smallest absolute Gasteiger partial charge is 0.222 e. The first kappa shape index (κ1) is 13.5. The van der Waals surface area contributed by atoms with Gasteiger partial charge >= 0.3 is 0 Å². The lowest BCUT2D eigenvalue weighted by atomic mass is 10.1. The minimum absolute atomic E-state index is 0.333. The van der Waals surface area contributed by atoms with Crippen LogP contribution in [0.25, 0.3) is 17.2 Å². The molecule has 116 valence electrons. The first-order valence-electron chi connectivity index (χ1n) is 6.82. The summed E-state index contributed by atoms with van der Waals surface area (Å²) in [5, 5.41) is 28.1. The Morgan fingerprint density at radius 3 is 2.78 bits per heavy atom. The van der Waals surface area contributed by atoms with Crippen molar-refractivity contribution in [2.45, 2.75) is 12.5 Å². The predicted octanol–water partition coefficient (Wildman–Crippen LogP) is -0.0423. The number of hydrogen-bond acceptors (Lipinski definition) is 8. The maximum Gasteiger partial charge on any atom is 0.222 e. The van der Waals surface area contributed by atoms with Gasteiger partial charge in [-0.3, -0.25) is 4.40 Å². The van der Waals surface area contributed by atoms with Gasteiger partial charge in [-0.2, -0.15) is 10.4 Å². The molecule has 4 aromatic rings. The van der Waals surface area contributed by atoms with Gasteiger partial charge in [0.25, 0.3) is 0 Å². The highest BCUT2D eigenvalue weighted by Crippen LogP contribution is 2.23. The maximum atomic E-state index is 5.49. The Labute approximate surface area is 129 Å². The van der Waals surface area contributed by atoms with Crippen LogP contribution in [0.2, 0.25) is 0 Å². The molecule has 2 N–H and O–H groups in total. The fourth-order valence-electron chi connectivity index (χ4n) is 2.47. The van der Waals surface area contributed by atoms with Crippen molar-refractivity contribution in [1.82, 2.24) is 50.6 Å². The fraction of sp³-hybridized carbons (Fsp3) is 0.250. The Kier molecular flexibility index (Phi) is 3.24. The van der Waals surface area contributed by atoms with E-state index in [1.54, 1.807) is 13.3 Å². The molecule has 0 aliphatic rings. The van der Waals surface area contributed by atoms with Crippen molar-refractivity contribution in [2.75, 3.05) is 7.11 Å². The van der Waals surface area contributed by atoms with E-state index < -0.39 is 0 Å². The van der Waals surface area contributed by atoms with Crippen LogP contribution in [-0.4, -0.2) is 57.7 Å². The van der Waals surface area contributed by atoms with Gasteiger partial charge in [0.05, 0.1) is 6.20 Å². The molecule has 0 bridgehead atoms. The van der Waals surface area contributed by atoms with Gasteiger partial charge in [-0.1, -0.05) is 11.3 Å². The molecule has 4 aromatic heterocycles. The number of tetrazole rings is 2. The number of imidazole rings is 1. The van der Waals surface area contributed by atoms with Crippen LogP contribution >= 0.6 is 0 Å². The van der Waals surface area contributed by atoms with E-state index >= 15 is 0 Å². The summed E-state index contributed by atoms with van der Waals surface area (Å²) in [4.78, 5) is 4.38. The number of aromatic amines is 2. The Balaban J connectivity index is 1.79. The van der Waals surface area contributed by atoms with E-state index in [0.29, 0.717) is 18.1 Å². The second-order valence-electron chi connectivity index (χ2n) is 4.79. The average Bonchev–Trinajstić information content (AvgIpc) is 3.32. The molecule has 11 heteroatoms. The minimum Gasteiger partial charge on any atom is -0.373 e. The van der Waals surface area contributed by atoms with Gasteiger partial charge in [0.2, 0.25) is 11.6 Å². The third-order valence-electron chi connectivity index (χ3n) is 3.51. The fourth-order valence-corrected chi connectivity index (χ4v) is 2.47. The number of H-pyrrole nitrogens is 2. The zero-order valence-electron chi connectivity index (χ0n) is 12.1. The van der Waals surface area contributed by atoms with Crippen LogP contribution < -0.4 is 0 Å². The molecule has 1 unspecified atom stereocenters. The molecule has 1 atom stereocenters. The Hall–Kier alpha value is -3.21. The highest BCUT2D eigenvalue weighted by atomic mass is 16.5. The molecular weight excluding hydrogens is 300 g/mol. The zero-order valence-corrected chi connectivity index (χ0v) is 12.1. The maximum absolute atomic E-state index is 5.49. The van der Waals surface area contributed by atoms with Crippen molar-refractivity contribution >= 4 is 5.65 Å². The first-order chi connectivity index (χ1) is 11.4. The van der Waals surface area contributed by atoms with Crippen LogP contribution in [0.3, 0.4) is 0 Å². The van der Waals surface area contributed by atoms with Gasteiger partial charge in [-0.05, 0) is 17.3 Å². The summed E-state index contributed by atoms with van der Waals surface area (Å²) in [5.74, 6) is 0.962. The molecule has 0 saturated carbocycles. The summed E-state index contributed by atoms with van der Waals surface area (Å²) in [5.41, 5.74) is 2.48. The molecule has 0 aliphatic heterocycles. The normalized spacial score (nSPS) is 12.7. The van der Waals surface area contributed by atoms with Gasteiger partial charge in [0.15, 0.2) is 0 Å². The molecule has 0 aromatic carbocycles. The van der Waals surface area contributed by atoms with Gasteiger partial charge in [-0.25, -0.2) is 4.98 Å². The van der Waals surface area contributed by atoms with E-state index in [4.69, 9.17) is 4.74 Å². The lowest BCUT2D eigenvalue weighted by Crippen LogP contribution is -2.11. The number of rotatable bonds is 5. The van der Waals surface area contributed by atoms with Crippen molar-refractivity contribution in [3.8, 4) is 11.5 Å². The average molecular weight is 312 g/mol. The first-order valence-corrected chi connectivity index (χ1v) is 6.82. The van der Waals surface area contributed by atoms with Crippen molar-refractivity contribution in [3.05, 3.63) is 35.9 Å². The molecule has 0 fully saturated rings. The van der Waals surface area contributed by atoms with Crippen LogP contribution in [0.1, 0.15) is 17.6 Å². The number of ether oxygens (including phenoxy) is 1. The van der Waals surface area contributed by atoms with Crippen LogP contribution in [0.5, 0.6) is 0 Å². The van der Waals surface area contributed by atoms with Crippen molar-refractivity contribution in [2.24, 2.45) is 0 Å². The summed E-state index contributed by atoms with van der Waals surface area (Å²) in [7, 11) is 1.61. The van der Waals surface area contributed by atoms with Crippen molar-refractivity contribution in [3.63, 3.8) is 0 Å². The SMILES string of the molecule is COC(Cc1cccc2ncc(-c3nn[nH]n3)n12)c1nn[nH]n1. The van der Waals surface area contributed by atoms with Crippen molar-refractivity contribution < 1.29 is 4.74 Å². The van der Waals surface area contributed by atoms with E-state index in [9.17, 15) is 0 Å². The second kappa shape index (κ2) is 5.53. The number of fused-ring (bicyclic) bond motifs is 1. The Morgan fingerprint density at radius 2 is 2.04 bits per heavy atom. The molecule has 0 aliphatic carbocycles. The Morgan fingerprint density at radius 1 is 1.17 bits per heavy atom. The monoisotopic (exact) mass is 312 g/mol. The zero-order chi connectivity index (χ0) is 15.6. The minimum atomic E-state index is -0.333. The van der Waals surface area contributed by atoms with Crippen molar-refractivity contribution in [1.29, 1.82) is 0 Å². The van der Waals surface area contributed by atoms with E-state index in [1.165, 1.54) is 0 Å². The summed E-state index contributed by atoms with van der Waals surface area (Å²) in [6.45, 7) is 0. The molecule has 0 spiro atoms. The van der Waals surface area contributed by atoms with Gasteiger partial charge in [0, 0.05) is 19.2 Å². The number of nitrogens with zero attached hydrogens (tertiary/aromatic N) is 8. The number of nitrogens with one attached hydrogen (secondary N) is 2. The molecule has 11 nitrogen and oxygen atoms in total. The van der Waals surface area contributed by atoms with E-state index in [-0.39, 0.29) is 6.10 Å². The summed E-state index contributed by atoms with van der Waals surface area (Å²) in [6, 6.07) is 5.81. The van der Waals surface area contributed by atoms with E-state index in [2.05, 4.69) is 46.2 Å². The standard InChI is InChI=1S/C12H12N10O/c1-23-9(12-16-20-21-17-12)5-7-3-2-4-10-13-6-8(22(7)10)11-14-18-19-15-11/h2-4,6,9H,5H2,1H3,(H,14,15,18,19)(H,16,17,20,21). The summed E-state index contributed by atoms with van der Waals surface area (Å²) < 4.78 is 7.44. The third kappa shape index (κ3) is 2.32. The van der Waals surface area contributed by atoms with Crippen LogP contribution in [0.4, 0.5) is 0 Å². The van der Waals surface area contributed by atoms with Crippen LogP contribution in [-0.2, 0) is 11.2 Å². The van der Waals surface area contributed by atoms with Gasteiger partial charge in [0.1, 0.15) is 17.4 Å². The topological polar surface area (TPSA) is 135 Å². The third-order valence-corrected chi connectivity index (χ3v) is 3.51. The van der Waals surface area contributed by atoms with Crippen LogP contribution in [0, 0.1) is 0 Å². The van der Waals surface area contributed by atoms with Gasteiger partial charge < -0.3 is 4.74 Å². The number of methoxy groups -OCH3 is 1. The van der Waals surface area contributed by atoms with Gasteiger partial charge in [-0.15, -0.1) is 20.4 Å². The van der Waals surface area contributed by atoms with E-state index in [0.717, 1.165) is 17.0 Å². The van der Waals surface area contributed by atoms with E-state index in [1.807, 2.05) is 22.6 Å². The molecule has 0 radical (unpaired) electrons. The predicted molar refractivity (Wildman–Crippen MR) is 76.0 cm³/mol. The lowest BCUT2D eigenvalue weighted by Gasteiger charge is -2.13. The summed E-state index contributed by atoms with van der Waals surface area (Å²) >= 11 is 0. The quantitative estimate of drug-likeness (QED) is 0.524. The molecule has 0 amide bonds. The Bertz CT molecular complexity index is 897. The molecule has 0 saturated heterocycles.